The molecule has 6 heteroatoms. The first kappa shape index (κ1) is 23.0. The Bertz CT molecular complexity index is 898. The summed E-state index contributed by atoms with van der Waals surface area (Å²) in [5, 5.41) is 3.14. The lowest BCUT2D eigenvalue weighted by Crippen LogP contribution is -2.29. The van der Waals surface area contributed by atoms with Crippen molar-refractivity contribution in [1.82, 2.24) is 0 Å². The fourth-order valence-corrected chi connectivity index (χ4v) is 3.14. The number of rotatable bonds is 5. The molecule has 6 nitrogen and oxygen atoms in total. The van der Waals surface area contributed by atoms with Crippen LogP contribution in [0, 0.1) is 13.8 Å². The molecule has 1 heterocycles. The minimum atomic E-state index is 0.506. The van der Waals surface area contributed by atoms with Gasteiger partial charge in [0, 0.05) is 49.0 Å². The maximum absolute atomic E-state index is 10.8. The van der Waals surface area contributed by atoms with Crippen molar-refractivity contribution in [2.75, 3.05) is 36.1 Å². The number of carbonyl (C=O) groups excluding carboxylic acids is 1. The van der Waals surface area contributed by atoms with Crippen molar-refractivity contribution in [3.63, 3.8) is 0 Å². The van der Waals surface area contributed by atoms with Crippen molar-refractivity contribution in [1.29, 1.82) is 0 Å². The Morgan fingerprint density at radius 1 is 1.07 bits per heavy atom. The van der Waals surface area contributed by atoms with Gasteiger partial charge in [0.05, 0.1) is 0 Å². The van der Waals surface area contributed by atoms with Gasteiger partial charge in [-0.1, -0.05) is 6.07 Å². The molecule has 1 fully saturated rings. The highest BCUT2D eigenvalue weighted by Gasteiger charge is 2.11. The summed E-state index contributed by atoms with van der Waals surface area (Å²) in [5.41, 5.74) is 17.1. The summed E-state index contributed by atoms with van der Waals surface area (Å²) in [6, 6.07) is 11.9. The monoisotopic (exact) mass is 407 g/mol. The number of anilines is 3. The minimum Gasteiger partial charge on any atom is -0.398 e. The molecule has 0 saturated carbocycles. The summed E-state index contributed by atoms with van der Waals surface area (Å²) in [6.45, 7) is 6.35. The molecule has 1 aliphatic rings. The fraction of sp³-hybridized carbons (Fsp3) is 0.333. The molecule has 0 radical (unpaired) electrons. The van der Waals surface area contributed by atoms with E-state index in [1.54, 1.807) is 19.3 Å². The first-order chi connectivity index (χ1) is 14.4. The van der Waals surface area contributed by atoms with Crippen molar-refractivity contribution in [3.8, 4) is 0 Å². The Hall–Kier alpha value is -3.28. The molecule has 2 aromatic carbocycles. The Kier molecular flexibility index (Phi) is 8.94. The van der Waals surface area contributed by atoms with E-state index in [0.717, 1.165) is 30.8 Å². The second kappa shape index (κ2) is 11.7. The standard InChI is InChI=1S/C12H17N3.C12H16N2O/c1-9-4-5-11(8-10(9)2)15-7-6-12(13)14-3;13-12-5-4-11(8-10(12)9-15)14-6-2-1-3-7-14/h4-8,15H,1-3H3,(H2,13,14);4-5,8-9H,1-3,6-7,13H2/b7-6-;. The highest BCUT2D eigenvalue weighted by Crippen LogP contribution is 2.23. The number of piperidine rings is 1. The molecule has 1 saturated heterocycles. The van der Waals surface area contributed by atoms with E-state index in [-0.39, 0.29) is 0 Å². The number of hydrogen-bond acceptors (Lipinski definition) is 5. The normalized spacial score (nSPS) is 14.2. The summed E-state index contributed by atoms with van der Waals surface area (Å²) in [5.74, 6) is 0.506. The third kappa shape index (κ3) is 6.95. The summed E-state index contributed by atoms with van der Waals surface area (Å²) < 4.78 is 0. The zero-order chi connectivity index (χ0) is 21.9. The van der Waals surface area contributed by atoms with Gasteiger partial charge in [0.25, 0.3) is 0 Å². The highest BCUT2D eigenvalue weighted by molar-refractivity contribution is 5.91. The first-order valence-electron chi connectivity index (χ1n) is 10.3. The van der Waals surface area contributed by atoms with Gasteiger partial charge in [-0.3, -0.25) is 9.79 Å². The van der Waals surface area contributed by atoms with Crippen molar-refractivity contribution in [2.45, 2.75) is 33.1 Å². The van der Waals surface area contributed by atoms with Crippen LogP contribution in [0.15, 0.2) is 53.7 Å². The van der Waals surface area contributed by atoms with E-state index in [9.17, 15) is 4.79 Å². The lowest BCUT2D eigenvalue weighted by atomic mass is 10.1. The predicted molar refractivity (Wildman–Crippen MR) is 129 cm³/mol. The molecule has 3 rings (SSSR count). The van der Waals surface area contributed by atoms with E-state index in [1.807, 2.05) is 24.3 Å². The molecule has 0 spiro atoms. The van der Waals surface area contributed by atoms with Crippen LogP contribution in [0.1, 0.15) is 40.7 Å². The lowest BCUT2D eigenvalue weighted by molar-refractivity contribution is 0.112. The average Bonchev–Trinajstić information content (AvgIpc) is 2.77. The van der Waals surface area contributed by atoms with Crippen LogP contribution in [0.2, 0.25) is 0 Å². The van der Waals surface area contributed by atoms with Gasteiger partial charge < -0.3 is 21.7 Å². The highest BCUT2D eigenvalue weighted by atomic mass is 16.1. The number of nitrogens with zero attached hydrogens (tertiary/aromatic N) is 2. The van der Waals surface area contributed by atoms with Gasteiger partial charge in [-0.25, -0.2) is 0 Å². The van der Waals surface area contributed by atoms with Gasteiger partial charge >= 0.3 is 0 Å². The number of aryl methyl sites for hydroxylation is 2. The molecule has 30 heavy (non-hydrogen) atoms. The van der Waals surface area contributed by atoms with E-state index in [4.69, 9.17) is 11.5 Å². The SMILES string of the molecule is CN=C(N)/C=C\Nc1ccc(C)c(C)c1.Nc1ccc(N2CCCCC2)cc1C=O. The number of aldehydes is 1. The molecular formula is C24H33N5O. The van der Waals surface area contributed by atoms with E-state index in [0.29, 0.717) is 17.1 Å². The Balaban J connectivity index is 0.000000214. The van der Waals surface area contributed by atoms with Gasteiger partial charge in [0.2, 0.25) is 0 Å². The Morgan fingerprint density at radius 3 is 2.43 bits per heavy atom. The van der Waals surface area contributed by atoms with Crippen molar-refractivity contribution in [2.24, 2.45) is 10.7 Å². The average molecular weight is 408 g/mol. The number of aliphatic imine (C=N–C) groups is 1. The van der Waals surface area contributed by atoms with Crippen LogP contribution < -0.4 is 21.7 Å². The predicted octanol–water partition coefficient (Wildman–Crippen LogP) is 4.29. The number of nitrogens with one attached hydrogen (secondary N) is 1. The van der Waals surface area contributed by atoms with E-state index in [2.05, 4.69) is 41.2 Å². The largest absolute Gasteiger partial charge is 0.398 e. The maximum atomic E-state index is 10.8. The summed E-state index contributed by atoms with van der Waals surface area (Å²) >= 11 is 0. The van der Waals surface area contributed by atoms with Crippen molar-refractivity contribution >= 4 is 29.2 Å². The molecule has 0 amide bonds. The number of amidine groups is 1. The quantitative estimate of drug-likeness (QED) is 0.297. The minimum absolute atomic E-state index is 0.506. The van der Waals surface area contributed by atoms with Crippen molar-refractivity contribution in [3.05, 3.63) is 65.4 Å². The van der Waals surface area contributed by atoms with Crippen LogP contribution in [0.5, 0.6) is 0 Å². The zero-order valence-corrected chi connectivity index (χ0v) is 18.2. The molecule has 5 N–H and O–H groups in total. The summed E-state index contributed by atoms with van der Waals surface area (Å²) in [7, 11) is 1.66. The molecule has 0 bridgehead atoms. The van der Waals surface area contributed by atoms with Gasteiger partial charge in [-0.05, 0) is 80.6 Å². The molecule has 160 valence electrons. The first-order valence-corrected chi connectivity index (χ1v) is 10.3. The molecule has 0 atom stereocenters. The number of hydrogen-bond donors (Lipinski definition) is 3. The maximum Gasteiger partial charge on any atom is 0.152 e. The second-order valence-corrected chi connectivity index (χ2v) is 7.40. The Morgan fingerprint density at radius 2 is 1.80 bits per heavy atom. The third-order valence-corrected chi connectivity index (χ3v) is 5.19. The molecule has 2 aromatic rings. The van der Waals surface area contributed by atoms with Crippen LogP contribution >= 0.6 is 0 Å². The van der Waals surface area contributed by atoms with E-state index >= 15 is 0 Å². The second-order valence-electron chi connectivity index (χ2n) is 7.40. The van der Waals surface area contributed by atoms with Crippen LogP contribution in [0.25, 0.3) is 0 Å². The third-order valence-electron chi connectivity index (χ3n) is 5.19. The van der Waals surface area contributed by atoms with E-state index in [1.165, 1.54) is 30.4 Å². The molecule has 0 aliphatic carbocycles. The van der Waals surface area contributed by atoms with Crippen LogP contribution in [0.4, 0.5) is 17.1 Å². The molecular weight excluding hydrogens is 374 g/mol. The van der Waals surface area contributed by atoms with Gasteiger partial charge in [0.1, 0.15) is 5.84 Å². The smallest absolute Gasteiger partial charge is 0.152 e. The summed E-state index contributed by atoms with van der Waals surface area (Å²) in [4.78, 5) is 16.9. The Labute approximate surface area is 179 Å². The number of nitrogen functional groups attached to an aromatic ring is 1. The molecule has 0 unspecified atom stereocenters. The number of benzene rings is 2. The topological polar surface area (TPSA) is 96.7 Å². The number of carbonyl (C=O) groups is 1. The number of nitrogens with two attached hydrogens (primary N) is 2. The van der Waals surface area contributed by atoms with Gasteiger partial charge in [-0.15, -0.1) is 0 Å². The molecule has 0 aromatic heterocycles. The van der Waals surface area contributed by atoms with Crippen molar-refractivity contribution < 1.29 is 4.79 Å². The summed E-state index contributed by atoms with van der Waals surface area (Å²) in [6.07, 6.45) is 8.12. The van der Waals surface area contributed by atoms with E-state index < -0.39 is 0 Å². The fourth-order valence-electron chi connectivity index (χ4n) is 3.14. The van der Waals surface area contributed by atoms with Gasteiger partial charge in [0.15, 0.2) is 6.29 Å². The van der Waals surface area contributed by atoms with Crippen LogP contribution in [-0.4, -0.2) is 32.3 Å². The van der Waals surface area contributed by atoms with Crippen LogP contribution in [-0.2, 0) is 0 Å². The zero-order valence-electron chi connectivity index (χ0n) is 18.2. The van der Waals surface area contributed by atoms with Gasteiger partial charge in [-0.2, -0.15) is 0 Å². The lowest BCUT2D eigenvalue weighted by Gasteiger charge is -2.29. The van der Waals surface area contributed by atoms with Crippen LogP contribution in [0.3, 0.4) is 0 Å². The molecule has 1 aliphatic heterocycles.